The van der Waals surface area contributed by atoms with Crippen molar-refractivity contribution in [2.45, 2.75) is 0 Å². The lowest BCUT2D eigenvalue weighted by Crippen LogP contribution is -1.93. The summed E-state index contributed by atoms with van der Waals surface area (Å²) < 4.78 is 5.25. The second-order valence-corrected chi connectivity index (χ2v) is 3.27. The highest BCUT2D eigenvalue weighted by molar-refractivity contribution is 5.73. The van der Waals surface area contributed by atoms with Crippen molar-refractivity contribution >= 4 is 12.0 Å². The van der Waals surface area contributed by atoms with Crippen LogP contribution in [0.4, 0.5) is 5.69 Å². The van der Waals surface area contributed by atoms with Gasteiger partial charge in [-0.05, 0) is 12.1 Å². The van der Waals surface area contributed by atoms with Crippen LogP contribution in [-0.4, -0.2) is 21.2 Å². The number of rotatable bonds is 4. The maximum Gasteiger partial charge on any atom is 0.321 e. The molecule has 0 saturated carbocycles. The van der Waals surface area contributed by atoms with Gasteiger partial charge in [-0.25, -0.2) is 9.97 Å². The van der Waals surface area contributed by atoms with Crippen LogP contribution in [0, 0.1) is 10.1 Å². The molecule has 0 atom stereocenters. The quantitative estimate of drug-likeness (QED) is 0.464. The van der Waals surface area contributed by atoms with Crippen molar-refractivity contribution in [1.29, 1.82) is 0 Å². The summed E-state index contributed by atoms with van der Waals surface area (Å²) in [5.74, 6) is 0.374. The number of carbonyl (C=O) groups is 1. The van der Waals surface area contributed by atoms with E-state index in [1.165, 1.54) is 36.7 Å². The largest absolute Gasteiger partial charge is 0.424 e. The zero-order chi connectivity index (χ0) is 13.0. The zero-order valence-corrected chi connectivity index (χ0v) is 9.02. The summed E-state index contributed by atoms with van der Waals surface area (Å²) in [6, 6.07) is 5.57. The Labute approximate surface area is 101 Å². The fourth-order valence-electron chi connectivity index (χ4n) is 1.18. The summed E-state index contributed by atoms with van der Waals surface area (Å²) in [6.45, 7) is 0. The van der Waals surface area contributed by atoms with Gasteiger partial charge in [-0.1, -0.05) is 0 Å². The zero-order valence-electron chi connectivity index (χ0n) is 9.02. The lowest BCUT2D eigenvalue weighted by molar-refractivity contribution is -0.384. The van der Waals surface area contributed by atoms with Crippen LogP contribution in [0.2, 0.25) is 0 Å². The molecule has 1 heterocycles. The molecule has 7 nitrogen and oxygen atoms in total. The first-order valence-corrected chi connectivity index (χ1v) is 4.88. The highest BCUT2D eigenvalue weighted by atomic mass is 16.6. The van der Waals surface area contributed by atoms with Gasteiger partial charge in [-0.15, -0.1) is 0 Å². The summed E-state index contributed by atoms with van der Waals surface area (Å²) in [5.41, 5.74) is 0.311. The van der Waals surface area contributed by atoms with E-state index in [-0.39, 0.29) is 11.7 Å². The van der Waals surface area contributed by atoms with Crippen molar-refractivity contribution in [2.24, 2.45) is 0 Å². The normalized spacial score (nSPS) is 9.78. The van der Waals surface area contributed by atoms with Crippen LogP contribution in [0.3, 0.4) is 0 Å². The van der Waals surface area contributed by atoms with E-state index in [9.17, 15) is 14.9 Å². The fraction of sp³-hybridized carbons (Fsp3) is 0. The number of nitro benzene ring substituents is 1. The first-order valence-electron chi connectivity index (χ1n) is 4.88. The molecule has 1 aromatic heterocycles. The van der Waals surface area contributed by atoms with Gasteiger partial charge < -0.3 is 4.74 Å². The first-order chi connectivity index (χ1) is 8.69. The minimum absolute atomic E-state index is 0.0282. The van der Waals surface area contributed by atoms with Crippen LogP contribution in [0.25, 0.3) is 0 Å². The molecule has 1 aromatic carbocycles. The SMILES string of the molecule is O=Cc1cnc(Oc2ccc([N+](=O)[O-])cc2)nc1. The van der Waals surface area contributed by atoms with Gasteiger partial charge in [0.1, 0.15) is 5.75 Å². The molecule has 90 valence electrons. The molecule has 0 fully saturated rings. The smallest absolute Gasteiger partial charge is 0.321 e. The van der Waals surface area contributed by atoms with Crippen molar-refractivity contribution in [2.75, 3.05) is 0 Å². The Bertz CT molecular complexity index is 566. The van der Waals surface area contributed by atoms with Crippen LogP contribution >= 0.6 is 0 Å². The average Bonchev–Trinajstić information content (AvgIpc) is 2.40. The molecule has 0 aliphatic heterocycles. The molecular weight excluding hydrogens is 238 g/mol. The van der Waals surface area contributed by atoms with Crippen molar-refractivity contribution in [3.05, 3.63) is 52.3 Å². The Morgan fingerprint density at radius 3 is 2.28 bits per heavy atom. The number of nitro groups is 1. The number of non-ortho nitro benzene ring substituents is 1. The standard InChI is InChI=1S/C11H7N3O4/c15-7-8-5-12-11(13-6-8)18-10-3-1-9(2-4-10)14(16)17/h1-7H. The minimum atomic E-state index is -0.501. The predicted octanol–water partition coefficient (Wildman–Crippen LogP) is 1.99. The molecule has 0 saturated heterocycles. The summed E-state index contributed by atoms with van der Waals surface area (Å²) in [4.78, 5) is 27.9. The van der Waals surface area contributed by atoms with E-state index >= 15 is 0 Å². The van der Waals surface area contributed by atoms with Crippen LogP contribution in [0.15, 0.2) is 36.7 Å². The molecule has 2 rings (SSSR count). The van der Waals surface area contributed by atoms with E-state index in [0.29, 0.717) is 17.6 Å². The molecule has 0 aliphatic rings. The molecule has 0 spiro atoms. The third kappa shape index (κ3) is 2.64. The Balaban J connectivity index is 2.12. The third-order valence-corrected chi connectivity index (χ3v) is 2.04. The molecule has 0 bridgehead atoms. The number of hydrogen-bond acceptors (Lipinski definition) is 6. The van der Waals surface area contributed by atoms with E-state index in [1.807, 2.05) is 0 Å². The molecule has 0 amide bonds. The van der Waals surface area contributed by atoms with E-state index < -0.39 is 4.92 Å². The van der Waals surface area contributed by atoms with Crippen LogP contribution in [0.5, 0.6) is 11.8 Å². The van der Waals surface area contributed by atoms with Gasteiger partial charge in [0.2, 0.25) is 0 Å². The van der Waals surface area contributed by atoms with Crippen molar-refractivity contribution in [1.82, 2.24) is 9.97 Å². The monoisotopic (exact) mass is 245 g/mol. The Hall–Kier alpha value is -2.83. The van der Waals surface area contributed by atoms with Gasteiger partial charge in [0, 0.05) is 24.5 Å². The van der Waals surface area contributed by atoms with E-state index in [0.717, 1.165) is 0 Å². The van der Waals surface area contributed by atoms with Crippen molar-refractivity contribution in [3.8, 4) is 11.8 Å². The predicted molar refractivity (Wildman–Crippen MR) is 60.6 cm³/mol. The van der Waals surface area contributed by atoms with Crippen LogP contribution < -0.4 is 4.74 Å². The minimum Gasteiger partial charge on any atom is -0.424 e. The second kappa shape index (κ2) is 5.00. The Morgan fingerprint density at radius 1 is 1.17 bits per heavy atom. The molecule has 7 heteroatoms. The van der Waals surface area contributed by atoms with Gasteiger partial charge in [-0.2, -0.15) is 0 Å². The number of aldehydes is 1. The van der Waals surface area contributed by atoms with E-state index in [2.05, 4.69) is 9.97 Å². The topological polar surface area (TPSA) is 95.2 Å². The van der Waals surface area contributed by atoms with Crippen molar-refractivity contribution in [3.63, 3.8) is 0 Å². The summed E-state index contributed by atoms with van der Waals surface area (Å²) in [7, 11) is 0. The van der Waals surface area contributed by atoms with Crippen LogP contribution in [0.1, 0.15) is 10.4 Å². The summed E-state index contributed by atoms with van der Waals surface area (Å²) >= 11 is 0. The Kier molecular flexibility index (Phi) is 3.24. The number of aromatic nitrogens is 2. The van der Waals surface area contributed by atoms with E-state index in [1.54, 1.807) is 0 Å². The van der Waals surface area contributed by atoms with Gasteiger partial charge in [0.25, 0.3) is 5.69 Å². The number of benzene rings is 1. The Morgan fingerprint density at radius 2 is 1.78 bits per heavy atom. The molecule has 0 N–H and O–H groups in total. The number of hydrogen-bond donors (Lipinski definition) is 0. The highest BCUT2D eigenvalue weighted by Crippen LogP contribution is 2.20. The van der Waals surface area contributed by atoms with Crippen molar-refractivity contribution < 1.29 is 14.5 Å². The second-order valence-electron chi connectivity index (χ2n) is 3.27. The number of ether oxygens (including phenoxy) is 1. The molecule has 18 heavy (non-hydrogen) atoms. The fourth-order valence-corrected chi connectivity index (χ4v) is 1.18. The lowest BCUT2D eigenvalue weighted by atomic mass is 10.3. The summed E-state index contributed by atoms with van der Waals surface area (Å²) in [5, 5.41) is 10.4. The number of nitrogens with zero attached hydrogens (tertiary/aromatic N) is 3. The summed E-state index contributed by atoms with van der Waals surface area (Å²) in [6.07, 6.45) is 3.26. The van der Waals surface area contributed by atoms with Gasteiger partial charge in [0.15, 0.2) is 6.29 Å². The maximum atomic E-state index is 10.4. The molecule has 2 aromatic rings. The lowest BCUT2D eigenvalue weighted by Gasteiger charge is -2.02. The van der Waals surface area contributed by atoms with Gasteiger partial charge in [0.05, 0.1) is 10.5 Å². The van der Waals surface area contributed by atoms with Gasteiger partial charge in [-0.3, -0.25) is 14.9 Å². The molecule has 0 aliphatic carbocycles. The number of carbonyl (C=O) groups excluding carboxylic acids is 1. The molecule has 0 radical (unpaired) electrons. The highest BCUT2D eigenvalue weighted by Gasteiger charge is 2.06. The first kappa shape index (κ1) is 11.6. The van der Waals surface area contributed by atoms with Gasteiger partial charge >= 0.3 is 6.01 Å². The van der Waals surface area contributed by atoms with Crippen LogP contribution in [-0.2, 0) is 0 Å². The third-order valence-electron chi connectivity index (χ3n) is 2.04. The van der Waals surface area contributed by atoms with E-state index in [4.69, 9.17) is 4.74 Å². The molecule has 0 unspecified atom stereocenters. The maximum absolute atomic E-state index is 10.4. The molecular formula is C11H7N3O4. The average molecular weight is 245 g/mol.